The summed E-state index contributed by atoms with van der Waals surface area (Å²) in [7, 11) is 0. The molecule has 1 aromatic heterocycles. The zero-order valence-electron chi connectivity index (χ0n) is 14.0. The molecule has 126 valence electrons. The largest absolute Gasteiger partial charge is 0.481 e. The smallest absolute Gasteiger partial charge is 0.307 e. The minimum absolute atomic E-state index is 0.0319. The zero-order chi connectivity index (χ0) is 16.8. The van der Waals surface area contributed by atoms with Crippen LogP contribution in [0.4, 0.5) is 0 Å². The maximum Gasteiger partial charge on any atom is 0.307 e. The number of carboxylic acids is 1. The number of hydrogen-bond acceptors (Lipinski definition) is 4. The summed E-state index contributed by atoms with van der Waals surface area (Å²) in [6.07, 6.45) is 2.85. The molecule has 2 atom stereocenters. The van der Waals surface area contributed by atoms with Crippen molar-refractivity contribution in [3.05, 3.63) is 17.0 Å². The van der Waals surface area contributed by atoms with Crippen molar-refractivity contribution in [3.8, 4) is 0 Å². The van der Waals surface area contributed by atoms with Crippen molar-refractivity contribution >= 4 is 11.9 Å². The van der Waals surface area contributed by atoms with Gasteiger partial charge in [-0.3, -0.25) is 9.59 Å². The first kappa shape index (κ1) is 16.0. The molecule has 1 aromatic rings. The van der Waals surface area contributed by atoms with Crippen LogP contribution >= 0.6 is 0 Å². The minimum atomic E-state index is -0.684. The lowest BCUT2D eigenvalue weighted by Crippen LogP contribution is -2.40. The molecule has 1 saturated heterocycles. The van der Waals surface area contributed by atoms with E-state index in [0.29, 0.717) is 19.5 Å². The van der Waals surface area contributed by atoms with Gasteiger partial charge < -0.3 is 14.5 Å². The van der Waals surface area contributed by atoms with Crippen LogP contribution in [0.5, 0.6) is 0 Å². The van der Waals surface area contributed by atoms with E-state index in [1.165, 1.54) is 0 Å². The molecule has 1 amide bonds. The maximum atomic E-state index is 12.5. The fourth-order valence-corrected chi connectivity index (χ4v) is 4.14. The van der Waals surface area contributed by atoms with Crippen LogP contribution in [0.1, 0.15) is 55.5 Å². The summed E-state index contributed by atoms with van der Waals surface area (Å²) in [4.78, 5) is 25.5. The number of carbonyl (C=O) groups is 2. The van der Waals surface area contributed by atoms with E-state index in [9.17, 15) is 9.59 Å². The van der Waals surface area contributed by atoms with Crippen molar-refractivity contribution in [2.75, 3.05) is 13.1 Å². The summed E-state index contributed by atoms with van der Waals surface area (Å²) in [5, 5.41) is 13.1. The van der Waals surface area contributed by atoms with Gasteiger partial charge in [0, 0.05) is 25.1 Å². The molecule has 2 unspecified atom stereocenters. The van der Waals surface area contributed by atoms with Gasteiger partial charge in [-0.15, -0.1) is 0 Å². The highest BCUT2D eigenvalue weighted by Gasteiger charge is 2.59. The molecule has 2 aliphatic rings. The van der Waals surface area contributed by atoms with Gasteiger partial charge in [-0.1, -0.05) is 12.1 Å². The van der Waals surface area contributed by atoms with Crippen LogP contribution in [0.2, 0.25) is 0 Å². The molecule has 0 aromatic carbocycles. The van der Waals surface area contributed by atoms with Crippen LogP contribution < -0.4 is 0 Å². The minimum Gasteiger partial charge on any atom is -0.481 e. The molecule has 6 nitrogen and oxygen atoms in total. The van der Waals surface area contributed by atoms with Crippen LogP contribution in [0, 0.1) is 25.2 Å². The SMILES string of the molecule is Cc1noc(C)c1C(C)CC(=O)N1CCC2(CC1)CC2C(=O)O. The standard InChI is InChI=1S/C17H24N2O4/c1-10(15-11(2)18-23-12(15)3)8-14(20)19-6-4-17(5-7-19)9-13(17)16(21)22/h10,13H,4-9H2,1-3H3,(H,21,22). The van der Waals surface area contributed by atoms with E-state index in [1.54, 1.807) is 0 Å². The van der Waals surface area contributed by atoms with E-state index in [2.05, 4.69) is 5.16 Å². The van der Waals surface area contributed by atoms with Gasteiger partial charge in [-0.25, -0.2) is 0 Å². The number of aliphatic carboxylic acids is 1. The average Bonchev–Trinajstić information content (AvgIpc) is 3.09. The molecule has 3 rings (SSSR count). The number of carboxylic acid groups (broad SMARTS) is 1. The molecule has 2 fully saturated rings. The monoisotopic (exact) mass is 320 g/mol. The predicted molar refractivity (Wildman–Crippen MR) is 83.0 cm³/mol. The maximum absolute atomic E-state index is 12.5. The van der Waals surface area contributed by atoms with Crippen LogP contribution in [-0.2, 0) is 9.59 Å². The third-order valence-corrected chi connectivity index (χ3v) is 5.66. The normalized spacial score (nSPS) is 23.8. The number of piperidine rings is 1. The molecule has 0 radical (unpaired) electrons. The summed E-state index contributed by atoms with van der Waals surface area (Å²) in [6, 6.07) is 0. The summed E-state index contributed by atoms with van der Waals surface area (Å²) < 4.78 is 5.18. The second-order valence-corrected chi connectivity index (χ2v) is 7.18. The molecular formula is C17H24N2O4. The van der Waals surface area contributed by atoms with E-state index in [4.69, 9.17) is 9.63 Å². The van der Waals surface area contributed by atoms with Crippen molar-refractivity contribution in [2.24, 2.45) is 11.3 Å². The second-order valence-electron chi connectivity index (χ2n) is 7.18. The number of aryl methyl sites for hydroxylation is 2. The van der Waals surface area contributed by atoms with Crippen LogP contribution in [0.15, 0.2) is 4.52 Å². The molecule has 1 aliphatic heterocycles. The first-order chi connectivity index (χ1) is 10.8. The second kappa shape index (κ2) is 5.65. The fourth-order valence-electron chi connectivity index (χ4n) is 4.14. The highest BCUT2D eigenvalue weighted by Crippen LogP contribution is 2.59. The topological polar surface area (TPSA) is 83.6 Å². The van der Waals surface area contributed by atoms with Crippen molar-refractivity contribution in [1.82, 2.24) is 10.1 Å². The number of amides is 1. The molecule has 1 spiro atoms. The summed E-state index contributed by atoms with van der Waals surface area (Å²) in [5.41, 5.74) is 1.85. The van der Waals surface area contributed by atoms with Crippen molar-refractivity contribution in [3.63, 3.8) is 0 Å². The Morgan fingerprint density at radius 2 is 2.04 bits per heavy atom. The van der Waals surface area contributed by atoms with E-state index in [-0.39, 0.29) is 23.2 Å². The first-order valence-corrected chi connectivity index (χ1v) is 8.27. The van der Waals surface area contributed by atoms with Gasteiger partial charge in [0.15, 0.2) is 0 Å². The number of carbonyl (C=O) groups excluding carboxylic acids is 1. The molecule has 1 saturated carbocycles. The van der Waals surface area contributed by atoms with Gasteiger partial charge in [0.2, 0.25) is 5.91 Å². The van der Waals surface area contributed by atoms with Gasteiger partial charge in [0.1, 0.15) is 5.76 Å². The van der Waals surface area contributed by atoms with Crippen LogP contribution in [-0.4, -0.2) is 40.1 Å². The number of nitrogens with zero attached hydrogens (tertiary/aromatic N) is 2. The molecule has 1 N–H and O–H groups in total. The molecule has 0 bridgehead atoms. The lowest BCUT2D eigenvalue weighted by molar-refractivity contribution is -0.139. The molecule has 6 heteroatoms. The Balaban J connectivity index is 1.55. The Kier molecular flexibility index (Phi) is 3.94. The average molecular weight is 320 g/mol. The lowest BCUT2D eigenvalue weighted by atomic mass is 9.90. The summed E-state index contributed by atoms with van der Waals surface area (Å²) in [6.45, 7) is 7.15. The highest BCUT2D eigenvalue weighted by atomic mass is 16.5. The Hall–Kier alpha value is -1.85. The predicted octanol–water partition coefficient (Wildman–Crippen LogP) is 2.50. The zero-order valence-corrected chi connectivity index (χ0v) is 14.0. The highest BCUT2D eigenvalue weighted by molar-refractivity contribution is 5.78. The van der Waals surface area contributed by atoms with E-state index >= 15 is 0 Å². The van der Waals surface area contributed by atoms with Gasteiger partial charge in [-0.05, 0) is 44.4 Å². The molecular weight excluding hydrogens is 296 g/mol. The molecule has 1 aliphatic carbocycles. The van der Waals surface area contributed by atoms with Crippen molar-refractivity contribution in [1.29, 1.82) is 0 Å². The first-order valence-electron chi connectivity index (χ1n) is 8.27. The van der Waals surface area contributed by atoms with E-state index < -0.39 is 5.97 Å². The Labute approximate surface area is 135 Å². The Bertz CT molecular complexity index is 609. The van der Waals surface area contributed by atoms with Gasteiger partial charge >= 0.3 is 5.97 Å². The number of likely N-dealkylation sites (tertiary alicyclic amines) is 1. The van der Waals surface area contributed by atoms with Gasteiger partial charge in [-0.2, -0.15) is 0 Å². The quantitative estimate of drug-likeness (QED) is 0.921. The fraction of sp³-hybridized carbons (Fsp3) is 0.706. The third kappa shape index (κ3) is 2.86. The van der Waals surface area contributed by atoms with E-state index in [0.717, 1.165) is 36.3 Å². The van der Waals surface area contributed by atoms with Crippen molar-refractivity contribution < 1.29 is 19.2 Å². The van der Waals surface area contributed by atoms with Crippen LogP contribution in [0.3, 0.4) is 0 Å². The van der Waals surface area contributed by atoms with Crippen LogP contribution in [0.25, 0.3) is 0 Å². The Morgan fingerprint density at radius 3 is 2.52 bits per heavy atom. The summed E-state index contributed by atoms with van der Waals surface area (Å²) >= 11 is 0. The molecule has 2 heterocycles. The lowest BCUT2D eigenvalue weighted by Gasteiger charge is -2.33. The number of rotatable bonds is 4. The van der Waals surface area contributed by atoms with E-state index in [1.807, 2.05) is 25.7 Å². The van der Waals surface area contributed by atoms with Crippen molar-refractivity contribution in [2.45, 2.75) is 52.4 Å². The van der Waals surface area contributed by atoms with Gasteiger partial charge in [0.25, 0.3) is 0 Å². The number of aromatic nitrogens is 1. The summed E-state index contributed by atoms with van der Waals surface area (Å²) in [5.74, 6) is 0.123. The van der Waals surface area contributed by atoms with Gasteiger partial charge in [0.05, 0.1) is 11.6 Å². The molecule has 23 heavy (non-hydrogen) atoms. The third-order valence-electron chi connectivity index (χ3n) is 5.66. The Morgan fingerprint density at radius 1 is 1.39 bits per heavy atom. The number of hydrogen-bond donors (Lipinski definition) is 1.